The van der Waals surface area contributed by atoms with Crippen LogP contribution >= 0.6 is 23.2 Å². The quantitative estimate of drug-likeness (QED) is 0.453. The topological polar surface area (TPSA) is 67.8 Å². The minimum absolute atomic E-state index is 0.00227. The predicted molar refractivity (Wildman–Crippen MR) is 127 cm³/mol. The van der Waals surface area contributed by atoms with E-state index in [-0.39, 0.29) is 33.7 Å². The Kier molecular flexibility index (Phi) is 6.01. The fraction of sp³-hybridized carbons (Fsp3) is 0.480. The number of phenolic OH excluding ortho intramolecular Hbond substituents is 1. The van der Waals surface area contributed by atoms with Crippen LogP contribution in [0.2, 0.25) is 10.0 Å². The van der Waals surface area contributed by atoms with E-state index in [0.717, 1.165) is 18.5 Å². The van der Waals surface area contributed by atoms with E-state index >= 15 is 0 Å². The van der Waals surface area contributed by atoms with Gasteiger partial charge >= 0.3 is 5.97 Å². The third-order valence-electron chi connectivity index (χ3n) is 7.97. The Morgan fingerprint density at radius 1 is 1.22 bits per heavy atom. The second-order valence-corrected chi connectivity index (χ2v) is 10.5. The Balaban J connectivity index is 1.48. The van der Waals surface area contributed by atoms with Gasteiger partial charge in [-0.25, -0.2) is 4.79 Å². The molecular weight excluding hydrogens is 449 g/mol. The lowest BCUT2D eigenvalue weighted by atomic mass is 9.70. The summed E-state index contributed by atoms with van der Waals surface area (Å²) >= 11 is 12.0. The molecule has 2 aliphatic rings. The number of ether oxygens (including phenoxy) is 2. The van der Waals surface area contributed by atoms with Crippen molar-refractivity contribution < 1.29 is 19.4 Å². The first-order valence-corrected chi connectivity index (χ1v) is 11.6. The van der Waals surface area contributed by atoms with Crippen LogP contribution < -0.4 is 10.1 Å². The molecule has 2 aromatic carbocycles. The summed E-state index contributed by atoms with van der Waals surface area (Å²) in [7, 11) is 1.53. The molecule has 7 heteroatoms. The molecule has 0 amide bonds. The number of halogens is 2. The van der Waals surface area contributed by atoms with Gasteiger partial charge < -0.3 is 19.9 Å². The smallest absolute Gasteiger partial charge is 0.342 e. The molecule has 2 aromatic rings. The normalized spacial score (nSPS) is 25.6. The van der Waals surface area contributed by atoms with E-state index in [9.17, 15) is 9.90 Å². The predicted octanol–water partition coefficient (Wildman–Crippen LogP) is 6.69. The summed E-state index contributed by atoms with van der Waals surface area (Å²) in [5.74, 6) is 0.649. The number of anilines is 1. The Morgan fingerprint density at radius 2 is 1.97 bits per heavy atom. The van der Waals surface area contributed by atoms with E-state index in [0.29, 0.717) is 34.4 Å². The molecule has 0 aromatic heterocycles. The van der Waals surface area contributed by atoms with Crippen molar-refractivity contribution in [2.75, 3.05) is 12.4 Å². The van der Waals surface area contributed by atoms with Crippen molar-refractivity contribution in [3.63, 3.8) is 0 Å². The first kappa shape index (κ1) is 23.1. The van der Waals surface area contributed by atoms with Crippen molar-refractivity contribution >= 4 is 34.9 Å². The van der Waals surface area contributed by atoms with Crippen molar-refractivity contribution in [1.29, 1.82) is 0 Å². The third kappa shape index (κ3) is 3.80. The molecular formula is C25H29Cl2NO4. The van der Waals surface area contributed by atoms with Crippen molar-refractivity contribution in [1.82, 2.24) is 0 Å². The molecule has 32 heavy (non-hydrogen) atoms. The molecule has 0 heterocycles. The fourth-order valence-electron chi connectivity index (χ4n) is 5.42. The van der Waals surface area contributed by atoms with Crippen LogP contribution in [-0.2, 0) is 11.3 Å². The third-order valence-corrected chi connectivity index (χ3v) is 8.48. The van der Waals surface area contributed by atoms with Crippen LogP contribution in [0, 0.1) is 16.7 Å². The number of esters is 1. The number of benzene rings is 2. The average Bonchev–Trinajstić information content (AvgIpc) is 3.08. The summed E-state index contributed by atoms with van der Waals surface area (Å²) in [6.07, 6.45) is 3.13. The van der Waals surface area contributed by atoms with Gasteiger partial charge in [-0.2, -0.15) is 0 Å². The number of carbonyl (C=O) groups is 1. The molecule has 5 nitrogen and oxygen atoms in total. The highest BCUT2D eigenvalue weighted by molar-refractivity contribution is 6.35. The van der Waals surface area contributed by atoms with Gasteiger partial charge in [0.15, 0.2) is 0 Å². The monoisotopic (exact) mass is 477 g/mol. The van der Waals surface area contributed by atoms with Crippen LogP contribution in [-0.4, -0.2) is 24.3 Å². The molecule has 0 spiro atoms. The summed E-state index contributed by atoms with van der Waals surface area (Å²) in [6.45, 7) is 7.14. The van der Waals surface area contributed by atoms with Crippen molar-refractivity contribution in [2.24, 2.45) is 16.7 Å². The van der Waals surface area contributed by atoms with Crippen LogP contribution in [0.3, 0.4) is 0 Å². The summed E-state index contributed by atoms with van der Waals surface area (Å²) in [5.41, 5.74) is 1.86. The van der Waals surface area contributed by atoms with Gasteiger partial charge in [0.2, 0.25) is 0 Å². The van der Waals surface area contributed by atoms with E-state index in [4.69, 9.17) is 32.7 Å². The largest absolute Gasteiger partial charge is 0.506 e. The van der Waals surface area contributed by atoms with Crippen LogP contribution in [0.15, 0.2) is 30.3 Å². The van der Waals surface area contributed by atoms with Crippen molar-refractivity contribution in [2.45, 2.75) is 52.7 Å². The van der Waals surface area contributed by atoms with Crippen molar-refractivity contribution in [3.8, 4) is 11.5 Å². The fourth-order valence-corrected chi connectivity index (χ4v) is 5.96. The zero-order valence-electron chi connectivity index (χ0n) is 18.8. The highest BCUT2D eigenvalue weighted by atomic mass is 35.5. The van der Waals surface area contributed by atoms with Crippen LogP contribution in [0.25, 0.3) is 0 Å². The molecule has 2 N–H and O–H groups in total. The van der Waals surface area contributed by atoms with E-state index < -0.39 is 0 Å². The van der Waals surface area contributed by atoms with Gasteiger partial charge in [0.1, 0.15) is 23.2 Å². The second-order valence-electron chi connectivity index (χ2n) is 9.67. The summed E-state index contributed by atoms with van der Waals surface area (Å²) in [6, 6.07) is 8.37. The summed E-state index contributed by atoms with van der Waals surface area (Å²) in [4.78, 5) is 13.0. The number of nitrogens with one attached hydrogen (secondary N) is 1. The van der Waals surface area contributed by atoms with E-state index in [1.165, 1.54) is 19.6 Å². The van der Waals surface area contributed by atoms with Crippen LogP contribution in [0.1, 0.15) is 56.0 Å². The molecule has 0 saturated heterocycles. The number of rotatable bonds is 6. The number of methoxy groups -OCH3 is 1. The summed E-state index contributed by atoms with van der Waals surface area (Å²) in [5, 5.41) is 14.0. The molecule has 4 rings (SSSR count). The molecule has 3 atom stereocenters. The van der Waals surface area contributed by atoms with Gasteiger partial charge in [-0.15, -0.1) is 0 Å². The molecule has 0 radical (unpaired) electrons. The highest BCUT2D eigenvalue weighted by Crippen LogP contribution is 2.66. The molecule has 0 aliphatic heterocycles. The number of aromatic hydroxyl groups is 1. The maximum atomic E-state index is 13.0. The molecule has 3 unspecified atom stereocenters. The van der Waals surface area contributed by atoms with Crippen LogP contribution in [0.5, 0.6) is 11.5 Å². The number of phenols is 1. The Hall–Kier alpha value is -2.11. The minimum atomic E-state index is -0.359. The number of hydrogen-bond acceptors (Lipinski definition) is 5. The molecule has 2 saturated carbocycles. The zero-order valence-corrected chi connectivity index (χ0v) is 20.3. The van der Waals surface area contributed by atoms with Gasteiger partial charge in [-0.05, 0) is 54.9 Å². The molecule has 172 valence electrons. The second kappa shape index (κ2) is 8.35. The van der Waals surface area contributed by atoms with Crippen molar-refractivity contribution in [3.05, 3.63) is 51.5 Å². The molecule has 2 aliphatic carbocycles. The lowest BCUT2D eigenvalue weighted by Crippen LogP contribution is -2.38. The van der Waals surface area contributed by atoms with Crippen LogP contribution in [0.4, 0.5) is 5.69 Å². The van der Waals surface area contributed by atoms with E-state index in [2.05, 4.69) is 26.1 Å². The standard InChI is InChI=1S/C25H29Cl2NO4/c1-24(2)15-7-8-25(24,3)21(10-15)32-23(30)18-6-5-17(12-20(18)31-4)28-13-14-9-16(26)11-19(27)22(14)29/h5-6,9,11-12,15,21,28-29H,7-8,10,13H2,1-4H3. The lowest BCUT2D eigenvalue weighted by molar-refractivity contribution is -0.0244. The maximum absolute atomic E-state index is 13.0. The van der Waals surface area contributed by atoms with E-state index in [1.807, 2.05) is 0 Å². The lowest BCUT2D eigenvalue weighted by Gasteiger charge is -2.38. The number of carbonyl (C=O) groups excluding carboxylic acids is 1. The average molecular weight is 478 g/mol. The number of hydrogen-bond donors (Lipinski definition) is 2. The van der Waals surface area contributed by atoms with Gasteiger partial charge in [0, 0.05) is 34.3 Å². The first-order valence-electron chi connectivity index (χ1n) is 10.9. The van der Waals surface area contributed by atoms with Gasteiger partial charge in [0.05, 0.1) is 12.1 Å². The summed E-state index contributed by atoms with van der Waals surface area (Å²) < 4.78 is 11.5. The highest BCUT2D eigenvalue weighted by Gasteiger charge is 2.62. The van der Waals surface area contributed by atoms with E-state index in [1.54, 1.807) is 24.3 Å². The Bertz CT molecular complexity index is 1050. The Morgan fingerprint density at radius 3 is 2.59 bits per heavy atom. The number of fused-ring (bicyclic) bond motifs is 2. The Labute approximate surface area is 199 Å². The maximum Gasteiger partial charge on any atom is 0.342 e. The van der Waals surface area contributed by atoms with Gasteiger partial charge in [-0.1, -0.05) is 44.0 Å². The molecule has 2 fully saturated rings. The van der Waals surface area contributed by atoms with Gasteiger partial charge in [-0.3, -0.25) is 0 Å². The molecule has 2 bridgehead atoms. The van der Waals surface area contributed by atoms with Gasteiger partial charge in [0.25, 0.3) is 0 Å². The first-order chi connectivity index (χ1) is 15.1. The zero-order chi connectivity index (χ0) is 23.3. The SMILES string of the molecule is COc1cc(NCc2cc(Cl)cc(Cl)c2O)ccc1C(=O)OC1CC2CCC1(C)C2(C)C. The minimum Gasteiger partial charge on any atom is -0.506 e.